The van der Waals surface area contributed by atoms with Crippen molar-refractivity contribution in [2.24, 2.45) is 0 Å². The van der Waals surface area contributed by atoms with Crippen LogP contribution < -0.4 is 10.2 Å². The lowest BCUT2D eigenvalue weighted by atomic mass is 10.1. The maximum atomic E-state index is 13.0. The Bertz CT molecular complexity index is 975. The molecule has 2 aromatic rings. The monoisotopic (exact) mass is 428 g/mol. The minimum atomic E-state index is -4.66. The number of rotatable bonds is 4. The van der Waals surface area contributed by atoms with Crippen molar-refractivity contribution in [3.8, 4) is 0 Å². The van der Waals surface area contributed by atoms with E-state index in [-0.39, 0.29) is 22.4 Å². The van der Waals surface area contributed by atoms with Gasteiger partial charge < -0.3 is 5.32 Å². The SMILES string of the molecule is CC(NC1=C(Cl)C(=O)N(c2cc(C(F)(F)F)ccc2Cl)C1=O)c1ccccc1. The number of alkyl halides is 3. The Morgan fingerprint density at radius 1 is 1.00 bits per heavy atom. The molecule has 4 nitrogen and oxygen atoms in total. The van der Waals surface area contributed by atoms with Crippen molar-refractivity contribution in [1.82, 2.24) is 5.32 Å². The van der Waals surface area contributed by atoms with Gasteiger partial charge in [0.25, 0.3) is 11.8 Å². The van der Waals surface area contributed by atoms with E-state index in [0.29, 0.717) is 11.0 Å². The highest BCUT2D eigenvalue weighted by atomic mass is 35.5. The molecule has 0 saturated carbocycles. The van der Waals surface area contributed by atoms with Gasteiger partial charge in [0, 0.05) is 6.04 Å². The lowest BCUT2D eigenvalue weighted by molar-refractivity contribution is -0.137. The second kappa shape index (κ2) is 7.48. The summed E-state index contributed by atoms with van der Waals surface area (Å²) in [5.74, 6) is -1.82. The summed E-state index contributed by atoms with van der Waals surface area (Å²) in [5.41, 5.74) is -0.789. The van der Waals surface area contributed by atoms with Gasteiger partial charge in [0.2, 0.25) is 0 Å². The number of anilines is 1. The predicted molar refractivity (Wildman–Crippen MR) is 99.8 cm³/mol. The van der Waals surface area contributed by atoms with Gasteiger partial charge in [-0.15, -0.1) is 0 Å². The van der Waals surface area contributed by atoms with Crippen LogP contribution in [0.2, 0.25) is 5.02 Å². The largest absolute Gasteiger partial charge is 0.416 e. The number of imide groups is 1. The molecule has 0 aliphatic carbocycles. The first-order chi connectivity index (χ1) is 13.1. The van der Waals surface area contributed by atoms with Gasteiger partial charge in [-0.1, -0.05) is 53.5 Å². The molecule has 0 spiro atoms. The predicted octanol–water partition coefficient (Wildman–Crippen LogP) is 5.03. The van der Waals surface area contributed by atoms with Crippen molar-refractivity contribution < 1.29 is 22.8 Å². The highest BCUT2D eigenvalue weighted by molar-refractivity contribution is 6.53. The summed E-state index contributed by atoms with van der Waals surface area (Å²) in [6, 6.07) is 11.1. The molecule has 1 atom stereocenters. The van der Waals surface area contributed by atoms with Crippen LogP contribution in [0.3, 0.4) is 0 Å². The lowest BCUT2D eigenvalue weighted by Gasteiger charge is -2.20. The lowest BCUT2D eigenvalue weighted by Crippen LogP contribution is -2.34. The minimum Gasteiger partial charge on any atom is -0.373 e. The zero-order chi connectivity index (χ0) is 20.6. The molecule has 1 heterocycles. The van der Waals surface area contributed by atoms with E-state index in [2.05, 4.69) is 5.32 Å². The molecule has 1 unspecified atom stereocenters. The average Bonchev–Trinajstić information content (AvgIpc) is 2.85. The summed E-state index contributed by atoms with van der Waals surface area (Å²) >= 11 is 12.0. The summed E-state index contributed by atoms with van der Waals surface area (Å²) in [6.45, 7) is 1.75. The van der Waals surface area contributed by atoms with Crippen LogP contribution in [-0.2, 0) is 15.8 Å². The first-order valence-electron chi connectivity index (χ1n) is 8.08. The number of halogens is 5. The third kappa shape index (κ3) is 3.72. The first kappa shape index (κ1) is 20.2. The number of hydrogen-bond acceptors (Lipinski definition) is 3. The Balaban J connectivity index is 1.93. The van der Waals surface area contributed by atoms with Gasteiger partial charge in [0.05, 0.1) is 16.3 Å². The molecule has 1 aliphatic rings. The average molecular weight is 429 g/mol. The maximum Gasteiger partial charge on any atom is 0.416 e. The van der Waals surface area contributed by atoms with Crippen LogP contribution in [-0.4, -0.2) is 11.8 Å². The van der Waals surface area contributed by atoms with Gasteiger partial charge >= 0.3 is 6.18 Å². The minimum absolute atomic E-state index is 0.184. The highest BCUT2D eigenvalue weighted by Gasteiger charge is 2.41. The topological polar surface area (TPSA) is 49.4 Å². The van der Waals surface area contributed by atoms with Crippen LogP contribution in [0.1, 0.15) is 24.1 Å². The van der Waals surface area contributed by atoms with Gasteiger partial charge in [0.1, 0.15) is 10.7 Å². The van der Waals surface area contributed by atoms with E-state index in [1.165, 1.54) is 0 Å². The Hall–Kier alpha value is -2.51. The molecule has 0 saturated heterocycles. The Morgan fingerprint density at radius 3 is 2.25 bits per heavy atom. The van der Waals surface area contributed by atoms with Crippen LogP contribution in [0.4, 0.5) is 18.9 Å². The fraction of sp³-hybridized carbons (Fsp3) is 0.158. The van der Waals surface area contributed by atoms with Gasteiger partial charge in [-0.25, -0.2) is 4.90 Å². The van der Waals surface area contributed by atoms with Crippen molar-refractivity contribution in [3.05, 3.63) is 75.4 Å². The molecule has 0 radical (unpaired) electrons. The maximum absolute atomic E-state index is 13.0. The summed E-state index contributed by atoms with van der Waals surface area (Å²) in [6.07, 6.45) is -4.66. The third-order valence-electron chi connectivity index (χ3n) is 4.20. The summed E-state index contributed by atoms with van der Waals surface area (Å²) < 4.78 is 39.0. The summed E-state index contributed by atoms with van der Waals surface area (Å²) in [4.78, 5) is 25.8. The number of carbonyl (C=O) groups excluding carboxylic acids is 2. The molecule has 2 aromatic carbocycles. The number of amides is 2. The standard InChI is InChI=1S/C19H13Cl2F3N2O2/c1-10(11-5-3-2-4-6-11)25-16-15(21)17(27)26(18(16)28)14-9-12(19(22,23)24)7-8-13(14)20/h2-10,25H,1H3. The van der Waals surface area contributed by atoms with Crippen molar-refractivity contribution in [1.29, 1.82) is 0 Å². The fourth-order valence-corrected chi connectivity index (χ4v) is 3.17. The van der Waals surface area contributed by atoms with Crippen LogP contribution in [0, 0.1) is 0 Å². The van der Waals surface area contributed by atoms with Crippen molar-refractivity contribution in [3.63, 3.8) is 0 Å². The normalized spacial score (nSPS) is 16.0. The number of nitrogens with zero attached hydrogens (tertiary/aromatic N) is 1. The van der Waals surface area contributed by atoms with E-state index in [1.807, 2.05) is 18.2 Å². The van der Waals surface area contributed by atoms with E-state index >= 15 is 0 Å². The molecule has 0 bridgehead atoms. The first-order valence-corrected chi connectivity index (χ1v) is 8.83. The molecule has 1 aliphatic heterocycles. The molecule has 9 heteroatoms. The molecule has 28 heavy (non-hydrogen) atoms. The number of carbonyl (C=O) groups is 2. The molecule has 1 N–H and O–H groups in total. The van der Waals surface area contributed by atoms with Gasteiger partial charge in [-0.05, 0) is 30.7 Å². The number of hydrogen-bond donors (Lipinski definition) is 1. The molecule has 2 amide bonds. The zero-order valence-corrected chi connectivity index (χ0v) is 15.9. The summed E-state index contributed by atoms with van der Waals surface area (Å²) in [7, 11) is 0. The smallest absolute Gasteiger partial charge is 0.373 e. The second-order valence-electron chi connectivity index (χ2n) is 6.08. The van der Waals surface area contributed by atoms with E-state index < -0.39 is 28.6 Å². The van der Waals surface area contributed by atoms with Crippen molar-refractivity contribution in [2.75, 3.05) is 4.90 Å². The Morgan fingerprint density at radius 2 is 1.64 bits per heavy atom. The van der Waals surface area contributed by atoms with Crippen LogP contribution in [0.25, 0.3) is 0 Å². The highest BCUT2D eigenvalue weighted by Crippen LogP contribution is 2.38. The van der Waals surface area contributed by atoms with Gasteiger partial charge in [-0.3, -0.25) is 9.59 Å². The summed E-state index contributed by atoms with van der Waals surface area (Å²) in [5, 5.41) is 2.26. The van der Waals surface area contributed by atoms with E-state index in [9.17, 15) is 22.8 Å². The fourth-order valence-electron chi connectivity index (χ4n) is 2.75. The second-order valence-corrected chi connectivity index (χ2v) is 6.86. The molecule has 146 valence electrons. The van der Waals surface area contributed by atoms with Crippen LogP contribution >= 0.6 is 23.2 Å². The third-order valence-corrected chi connectivity index (χ3v) is 4.87. The van der Waals surface area contributed by atoms with E-state index in [1.54, 1.807) is 19.1 Å². The Kier molecular flexibility index (Phi) is 5.41. The zero-order valence-electron chi connectivity index (χ0n) is 14.3. The van der Waals surface area contributed by atoms with Gasteiger partial charge in [-0.2, -0.15) is 13.2 Å². The van der Waals surface area contributed by atoms with Gasteiger partial charge in [0.15, 0.2) is 0 Å². The molecule has 0 aromatic heterocycles. The molecule has 3 rings (SSSR count). The number of benzene rings is 2. The molecular formula is C19H13Cl2F3N2O2. The van der Waals surface area contributed by atoms with Crippen LogP contribution in [0.15, 0.2) is 59.3 Å². The molecule has 0 fully saturated rings. The van der Waals surface area contributed by atoms with E-state index in [4.69, 9.17) is 23.2 Å². The van der Waals surface area contributed by atoms with E-state index in [0.717, 1.165) is 17.7 Å². The number of nitrogens with one attached hydrogen (secondary N) is 1. The quantitative estimate of drug-likeness (QED) is 0.694. The Labute approximate surface area is 168 Å². The van der Waals surface area contributed by atoms with Crippen LogP contribution in [0.5, 0.6) is 0 Å². The molecular weight excluding hydrogens is 416 g/mol. The van der Waals surface area contributed by atoms with Crippen molar-refractivity contribution >= 4 is 40.7 Å². The van der Waals surface area contributed by atoms with Crippen molar-refractivity contribution in [2.45, 2.75) is 19.1 Å².